The summed E-state index contributed by atoms with van der Waals surface area (Å²) >= 11 is 0. The number of hydrogen-bond donors (Lipinski definition) is 0. The van der Waals surface area contributed by atoms with Crippen LogP contribution < -0.4 is 5.43 Å². The second-order valence-electron chi connectivity index (χ2n) is 7.95. The average Bonchev–Trinajstić information content (AvgIpc) is 2.76. The number of pyridine rings is 1. The minimum absolute atomic E-state index is 0.00587. The van der Waals surface area contributed by atoms with Gasteiger partial charge in [-0.05, 0) is 38.4 Å². The van der Waals surface area contributed by atoms with Crippen LogP contribution in [0.2, 0.25) is 0 Å². The molecule has 2 heterocycles. The van der Waals surface area contributed by atoms with Gasteiger partial charge in [-0.15, -0.1) is 0 Å². The molecule has 7 heteroatoms. The van der Waals surface area contributed by atoms with Crippen LogP contribution in [-0.2, 0) is 16.1 Å². The molecule has 2 amide bonds. The molecule has 30 heavy (non-hydrogen) atoms. The Morgan fingerprint density at radius 3 is 1.77 bits per heavy atom. The van der Waals surface area contributed by atoms with E-state index < -0.39 is 0 Å². The minimum Gasteiger partial charge on any atom is -0.338 e. The maximum atomic E-state index is 13.1. The summed E-state index contributed by atoms with van der Waals surface area (Å²) in [6.45, 7) is 2.67. The van der Waals surface area contributed by atoms with Gasteiger partial charge in [0.1, 0.15) is 6.54 Å². The van der Waals surface area contributed by atoms with Crippen molar-refractivity contribution in [2.45, 2.75) is 6.54 Å². The van der Waals surface area contributed by atoms with Gasteiger partial charge in [-0.25, -0.2) is 0 Å². The molecule has 0 spiro atoms. The van der Waals surface area contributed by atoms with Crippen molar-refractivity contribution in [2.75, 3.05) is 46.8 Å². The fraction of sp³-hybridized carbons (Fsp3) is 0.348. The molecule has 4 rings (SSSR count). The quantitative estimate of drug-likeness (QED) is 0.614. The molecule has 3 aromatic rings. The number of fused-ring (bicyclic) bond motifs is 2. The first-order valence-corrected chi connectivity index (χ1v) is 10.2. The maximum absolute atomic E-state index is 13.1. The highest BCUT2D eigenvalue weighted by Crippen LogP contribution is 2.19. The highest BCUT2D eigenvalue weighted by Gasteiger charge is 2.25. The van der Waals surface area contributed by atoms with Crippen molar-refractivity contribution in [3.8, 4) is 0 Å². The van der Waals surface area contributed by atoms with E-state index in [0.717, 1.165) is 11.0 Å². The van der Waals surface area contributed by atoms with Gasteiger partial charge in [-0.3, -0.25) is 14.4 Å². The number of piperazine rings is 1. The molecule has 0 radical (unpaired) electrons. The maximum Gasteiger partial charge on any atom is 0.242 e. The third-order valence-electron chi connectivity index (χ3n) is 5.61. The Kier molecular flexibility index (Phi) is 5.55. The number of amides is 2. The molecule has 1 aliphatic heterocycles. The van der Waals surface area contributed by atoms with Gasteiger partial charge in [-0.1, -0.05) is 24.3 Å². The molecule has 2 aromatic carbocycles. The largest absolute Gasteiger partial charge is 0.338 e. The molecule has 0 aliphatic carbocycles. The lowest BCUT2D eigenvalue weighted by molar-refractivity contribution is -0.140. The summed E-state index contributed by atoms with van der Waals surface area (Å²) in [5, 5.41) is 1.23. The van der Waals surface area contributed by atoms with E-state index in [1.165, 1.54) is 0 Å². The number of likely N-dealkylation sites (N-methyl/N-ethyl adjacent to an activating group) is 1. The Hall–Kier alpha value is -3.19. The molecule has 0 saturated carbocycles. The molecule has 0 atom stereocenters. The zero-order valence-corrected chi connectivity index (χ0v) is 17.4. The SMILES string of the molecule is CN(C)CC(=O)N1CCN(C(=O)Cn2c3ccccc3c(=O)c3ccccc32)CC1. The average molecular weight is 406 g/mol. The Labute approximate surface area is 175 Å². The topological polar surface area (TPSA) is 65.9 Å². The minimum atomic E-state index is -0.0158. The first-order valence-electron chi connectivity index (χ1n) is 10.2. The van der Waals surface area contributed by atoms with Gasteiger partial charge in [0.15, 0.2) is 5.43 Å². The summed E-state index contributed by atoms with van der Waals surface area (Å²) in [6.07, 6.45) is 0. The van der Waals surface area contributed by atoms with Crippen LogP contribution in [0.1, 0.15) is 0 Å². The summed E-state index contributed by atoms with van der Waals surface area (Å²) in [5.74, 6) is 0.0816. The number of rotatable bonds is 4. The number of carbonyl (C=O) groups excluding carboxylic acids is 2. The number of aromatic nitrogens is 1. The first kappa shape index (κ1) is 20.1. The first-order chi connectivity index (χ1) is 14.5. The van der Waals surface area contributed by atoms with Crippen molar-refractivity contribution in [1.29, 1.82) is 0 Å². The number of carbonyl (C=O) groups is 2. The van der Waals surface area contributed by atoms with Crippen LogP contribution in [-0.4, -0.2) is 77.9 Å². The Balaban J connectivity index is 1.58. The van der Waals surface area contributed by atoms with Crippen LogP contribution in [0.5, 0.6) is 0 Å². The van der Waals surface area contributed by atoms with E-state index in [-0.39, 0.29) is 23.8 Å². The zero-order valence-electron chi connectivity index (χ0n) is 17.4. The van der Waals surface area contributed by atoms with Gasteiger partial charge >= 0.3 is 0 Å². The molecule has 0 N–H and O–H groups in total. The van der Waals surface area contributed by atoms with E-state index in [0.29, 0.717) is 43.5 Å². The van der Waals surface area contributed by atoms with Crippen molar-refractivity contribution in [2.24, 2.45) is 0 Å². The smallest absolute Gasteiger partial charge is 0.242 e. The third-order valence-corrected chi connectivity index (χ3v) is 5.61. The summed E-state index contributed by atoms with van der Waals surface area (Å²) in [5.41, 5.74) is 1.50. The van der Waals surface area contributed by atoms with Crippen molar-refractivity contribution in [3.05, 3.63) is 58.8 Å². The van der Waals surface area contributed by atoms with Crippen LogP contribution in [0.3, 0.4) is 0 Å². The molecule has 156 valence electrons. The molecule has 1 aromatic heterocycles. The van der Waals surface area contributed by atoms with E-state index in [1.54, 1.807) is 17.0 Å². The fourth-order valence-corrected chi connectivity index (χ4v) is 4.06. The second kappa shape index (κ2) is 8.28. The highest BCUT2D eigenvalue weighted by atomic mass is 16.2. The van der Waals surface area contributed by atoms with Crippen molar-refractivity contribution in [3.63, 3.8) is 0 Å². The zero-order chi connectivity index (χ0) is 21.3. The molecule has 7 nitrogen and oxygen atoms in total. The predicted octanol–water partition coefficient (Wildman–Crippen LogP) is 1.39. The lowest BCUT2D eigenvalue weighted by Gasteiger charge is -2.35. The second-order valence-corrected chi connectivity index (χ2v) is 7.95. The molecule has 1 aliphatic rings. The fourth-order valence-electron chi connectivity index (χ4n) is 4.06. The highest BCUT2D eigenvalue weighted by molar-refractivity contribution is 5.94. The molecule has 0 bridgehead atoms. The van der Waals surface area contributed by atoms with Gasteiger partial charge in [0.05, 0.1) is 17.6 Å². The molecule has 0 unspecified atom stereocenters. The van der Waals surface area contributed by atoms with Crippen molar-refractivity contribution >= 4 is 33.6 Å². The van der Waals surface area contributed by atoms with Crippen molar-refractivity contribution < 1.29 is 9.59 Å². The molecule has 1 saturated heterocycles. The summed E-state index contributed by atoms with van der Waals surface area (Å²) in [4.78, 5) is 43.7. The van der Waals surface area contributed by atoms with Crippen LogP contribution in [0.15, 0.2) is 53.3 Å². The van der Waals surface area contributed by atoms with Gasteiger partial charge in [-0.2, -0.15) is 0 Å². The van der Waals surface area contributed by atoms with Gasteiger partial charge in [0.25, 0.3) is 0 Å². The number of nitrogens with zero attached hydrogens (tertiary/aromatic N) is 4. The third kappa shape index (κ3) is 3.80. The predicted molar refractivity (Wildman–Crippen MR) is 117 cm³/mol. The summed E-state index contributed by atoms with van der Waals surface area (Å²) < 4.78 is 1.93. The lowest BCUT2D eigenvalue weighted by Crippen LogP contribution is -2.52. The standard InChI is InChI=1S/C23H26N4O3/c1-24(2)15-21(28)25-11-13-26(14-12-25)22(29)16-27-19-9-5-3-7-17(19)23(30)18-8-4-6-10-20(18)27/h3-10H,11-16H2,1-2H3. The van der Waals surface area contributed by atoms with Crippen LogP contribution >= 0.6 is 0 Å². The van der Waals surface area contributed by atoms with Gasteiger partial charge in [0, 0.05) is 37.0 Å². The van der Waals surface area contributed by atoms with Gasteiger partial charge < -0.3 is 19.3 Å². The summed E-state index contributed by atoms with van der Waals surface area (Å²) in [6, 6.07) is 14.8. The Morgan fingerprint density at radius 2 is 1.27 bits per heavy atom. The molecule has 1 fully saturated rings. The van der Waals surface area contributed by atoms with E-state index >= 15 is 0 Å². The molecular formula is C23H26N4O3. The van der Waals surface area contributed by atoms with Crippen LogP contribution in [0, 0.1) is 0 Å². The van der Waals surface area contributed by atoms with E-state index in [2.05, 4.69) is 0 Å². The molecular weight excluding hydrogens is 380 g/mol. The van der Waals surface area contributed by atoms with E-state index in [9.17, 15) is 14.4 Å². The van der Waals surface area contributed by atoms with Crippen LogP contribution in [0.25, 0.3) is 21.8 Å². The van der Waals surface area contributed by atoms with E-state index in [1.807, 2.05) is 64.9 Å². The van der Waals surface area contributed by atoms with Crippen molar-refractivity contribution in [1.82, 2.24) is 19.3 Å². The number of para-hydroxylation sites is 2. The lowest BCUT2D eigenvalue weighted by atomic mass is 10.1. The summed E-state index contributed by atoms with van der Waals surface area (Å²) in [7, 11) is 3.74. The Bertz CT molecular complexity index is 1100. The number of hydrogen-bond acceptors (Lipinski definition) is 4. The normalized spacial score (nSPS) is 14.6. The van der Waals surface area contributed by atoms with Gasteiger partial charge in [0.2, 0.25) is 11.8 Å². The number of benzene rings is 2. The van der Waals surface area contributed by atoms with E-state index in [4.69, 9.17) is 0 Å². The Morgan fingerprint density at radius 1 is 0.800 bits per heavy atom. The monoisotopic (exact) mass is 406 g/mol. The van der Waals surface area contributed by atoms with Crippen LogP contribution in [0.4, 0.5) is 0 Å².